The van der Waals surface area contributed by atoms with Crippen LogP contribution >= 0.6 is 11.3 Å². The summed E-state index contributed by atoms with van der Waals surface area (Å²) in [5.74, 6) is -1.21. The molecule has 4 aromatic rings. The first-order chi connectivity index (χ1) is 15.6. The third kappa shape index (κ3) is 3.97. The monoisotopic (exact) mass is 445 g/mol. The van der Waals surface area contributed by atoms with E-state index in [1.807, 2.05) is 47.4 Å². The summed E-state index contributed by atoms with van der Waals surface area (Å²) in [4.78, 5) is 34.7. The minimum Gasteiger partial charge on any atom is -0.477 e. The molecule has 8 nitrogen and oxygen atoms in total. The molecule has 3 N–H and O–H groups in total. The van der Waals surface area contributed by atoms with E-state index in [0.717, 1.165) is 27.2 Å². The minimum atomic E-state index is -1.07. The van der Waals surface area contributed by atoms with Crippen molar-refractivity contribution in [1.82, 2.24) is 9.97 Å². The first-order valence-electron chi connectivity index (χ1n) is 10.1. The Labute approximate surface area is 187 Å². The molecule has 1 aliphatic heterocycles. The topological polar surface area (TPSA) is 107 Å². The fraction of sp³-hybridized carbons (Fsp3) is 0.130. The zero-order chi connectivity index (χ0) is 22.1. The third-order valence-electron chi connectivity index (χ3n) is 5.17. The van der Waals surface area contributed by atoms with E-state index in [4.69, 9.17) is 0 Å². The summed E-state index contributed by atoms with van der Waals surface area (Å²) in [6.45, 7) is 1.55. The Balaban J connectivity index is 1.37. The number of para-hydroxylation sites is 1. The van der Waals surface area contributed by atoms with Crippen LogP contribution < -0.4 is 15.5 Å². The van der Waals surface area contributed by atoms with Gasteiger partial charge in [-0.05, 0) is 36.4 Å². The third-order valence-corrected chi connectivity index (χ3v) is 6.13. The van der Waals surface area contributed by atoms with E-state index in [1.54, 1.807) is 12.1 Å². The lowest BCUT2D eigenvalue weighted by Gasteiger charge is -2.31. The van der Waals surface area contributed by atoms with Gasteiger partial charge in [0.15, 0.2) is 5.13 Å². The predicted molar refractivity (Wildman–Crippen MR) is 126 cm³/mol. The van der Waals surface area contributed by atoms with Gasteiger partial charge >= 0.3 is 5.97 Å². The molecule has 160 valence electrons. The molecule has 0 unspecified atom stereocenters. The number of aromatic carboxylic acids is 1. The number of amides is 1. The van der Waals surface area contributed by atoms with Crippen molar-refractivity contribution >= 4 is 49.9 Å². The Bertz CT molecular complexity index is 1300. The lowest BCUT2D eigenvalue weighted by Crippen LogP contribution is -2.39. The quantitative estimate of drug-likeness (QED) is 0.427. The van der Waals surface area contributed by atoms with Crippen molar-refractivity contribution in [2.45, 2.75) is 0 Å². The molecule has 2 aromatic heterocycles. The number of carbonyl (C=O) groups is 2. The van der Waals surface area contributed by atoms with E-state index >= 15 is 0 Å². The maximum absolute atomic E-state index is 12.8. The van der Waals surface area contributed by atoms with E-state index in [9.17, 15) is 14.7 Å². The van der Waals surface area contributed by atoms with Crippen LogP contribution in [-0.4, -0.2) is 46.6 Å². The zero-order valence-electron chi connectivity index (χ0n) is 16.9. The molecule has 1 aliphatic rings. The van der Waals surface area contributed by atoms with Crippen molar-refractivity contribution < 1.29 is 14.7 Å². The van der Waals surface area contributed by atoms with Gasteiger partial charge in [0, 0.05) is 18.7 Å². The number of hydrogen-bond acceptors (Lipinski definition) is 7. The molecular weight excluding hydrogens is 426 g/mol. The Morgan fingerprint density at radius 2 is 1.97 bits per heavy atom. The van der Waals surface area contributed by atoms with Crippen molar-refractivity contribution in [2.75, 3.05) is 35.2 Å². The van der Waals surface area contributed by atoms with E-state index in [2.05, 4.69) is 20.6 Å². The highest BCUT2D eigenvalue weighted by Gasteiger charge is 2.21. The molecule has 2 aromatic carbocycles. The fourth-order valence-corrected chi connectivity index (χ4v) is 4.57. The van der Waals surface area contributed by atoms with Crippen molar-refractivity contribution in [3.05, 3.63) is 66.4 Å². The summed E-state index contributed by atoms with van der Waals surface area (Å²) in [6.07, 6.45) is 0. The number of hydrogen-bond donors (Lipinski definition) is 3. The molecule has 0 radical (unpaired) electrons. The summed E-state index contributed by atoms with van der Waals surface area (Å²) in [5, 5.41) is 16.1. The number of carboxylic acids is 1. The summed E-state index contributed by atoms with van der Waals surface area (Å²) in [6, 6.07) is 18.4. The number of carboxylic acid groups (broad SMARTS) is 1. The average Bonchev–Trinajstić information content (AvgIpc) is 3.21. The van der Waals surface area contributed by atoms with Crippen molar-refractivity contribution in [3.8, 4) is 11.3 Å². The zero-order valence-corrected chi connectivity index (χ0v) is 17.7. The molecule has 0 saturated carbocycles. The van der Waals surface area contributed by atoms with E-state index < -0.39 is 5.97 Å². The smallest absolute Gasteiger partial charge is 0.354 e. The number of aromatic nitrogens is 2. The van der Waals surface area contributed by atoms with Crippen LogP contribution in [0.5, 0.6) is 0 Å². The average molecular weight is 446 g/mol. The Hall–Kier alpha value is -3.98. The molecule has 3 heterocycles. The van der Waals surface area contributed by atoms with Gasteiger partial charge in [-0.15, -0.1) is 0 Å². The van der Waals surface area contributed by atoms with Crippen LogP contribution in [0.2, 0.25) is 0 Å². The largest absolute Gasteiger partial charge is 0.477 e. The van der Waals surface area contributed by atoms with Gasteiger partial charge in [-0.1, -0.05) is 35.6 Å². The Morgan fingerprint density at radius 3 is 2.81 bits per heavy atom. The number of benzene rings is 2. The van der Waals surface area contributed by atoms with Gasteiger partial charge in [-0.25, -0.2) is 14.8 Å². The normalized spacial score (nSPS) is 12.8. The highest BCUT2D eigenvalue weighted by molar-refractivity contribution is 7.22. The fourth-order valence-electron chi connectivity index (χ4n) is 3.68. The number of nitrogens with one attached hydrogen (secondary N) is 2. The second-order valence-corrected chi connectivity index (χ2v) is 8.36. The summed E-state index contributed by atoms with van der Waals surface area (Å²) >= 11 is 1.45. The number of thiazole rings is 1. The Morgan fingerprint density at radius 1 is 1.09 bits per heavy atom. The van der Waals surface area contributed by atoms with Gasteiger partial charge in [0.2, 0.25) is 5.91 Å². The van der Waals surface area contributed by atoms with Crippen molar-refractivity contribution in [3.63, 3.8) is 0 Å². The molecule has 0 bridgehead atoms. The van der Waals surface area contributed by atoms with Crippen LogP contribution in [0.25, 0.3) is 21.5 Å². The Kier molecular flexibility index (Phi) is 5.16. The van der Waals surface area contributed by atoms with Crippen molar-refractivity contribution in [2.24, 2.45) is 0 Å². The highest BCUT2D eigenvalue weighted by atomic mass is 32.1. The predicted octanol–water partition coefficient (Wildman–Crippen LogP) is 3.93. The molecule has 0 fully saturated rings. The second-order valence-electron chi connectivity index (χ2n) is 7.33. The van der Waals surface area contributed by atoms with Crippen LogP contribution in [0.1, 0.15) is 10.5 Å². The maximum Gasteiger partial charge on any atom is 0.354 e. The molecule has 1 amide bonds. The lowest BCUT2D eigenvalue weighted by molar-refractivity contribution is -0.115. The standard InChI is InChI=1S/C23H19N5O3S/c29-21(27-23-26-17-4-1-2-7-20(17)32-23)13-28-11-10-24-16-9-8-14(12-19(16)28)15-5-3-6-18(25-15)22(30)31/h1-9,12,24H,10-11,13H2,(H,30,31)(H,26,27,29). The highest BCUT2D eigenvalue weighted by Crippen LogP contribution is 2.33. The molecule has 5 rings (SSSR count). The van der Waals surface area contributed by atoms with Crippen LogP contribution in [0.15, 0.2) is 60.7 Å². The van der Waals surface area contributed by atoms with Gasteiger partial charge in [0.1, 0.15) is 5.69 Å². The molecule has 9 heteroatoms. The maximum atomic E-state index is 12.8. The molecule has 0 spiro atoms. The number of fused-ring (bicyclic) bond motifs is 2. The SMILES string of the molecule is O=C(CN1CCNc2ccc(-c3cccc(C(=O)O)n3)cc21)Nc1nc2ccccc2s1. The number of rotatable bonds is 5. The summed E-state index contributed by atoms with van der Waals surface area (Å²) in [7, 11) is 0. The molecule has 0 saturated heterocycles. The van der Waals surface area contributed by atoms with Gasteiger partial charge < -0.3 is 20.6 Å². The summed E-state index contributed by atoms with van der Waals surface area (Å²) < 4.78 is 1.02. The summed E-state index contributed by atoms with van der Waals surface area (Å²) in [5.41, 5.74) is 3.99. The second kappa shape index (κ2) is 8.27. The van der Waals surface area contributed by atoms with Crippen LogP contribution in [-0.2, 0) is 4.79 Å². The lowest BCUT2D eigenvalue weighted by atomic mass is 10.1. The molecule has 0 aliphatic carbocycles. The first-order valence-corrected chi connectivity index (χ1v) is 10.9. The first kappa shape index (κ1) is 20.0. The number of nitrogens with zero attached hydrogens (tertiary/aromatic N) is 3. The van der Waals surface area contributed by atoms with Gasteiger partial charge in [-0.2, -0.15) is 0 Å². The van der Waals surface area contributed by atoms with Crippen molar-refractivity contribution in [1.29, 1.82) is 0 Å². The van der Waals surface area contributed by atoms with Gasteiger partial charge in [0.05, 0.1) is 33.8 Å². The molecule has 0 atom stereocenters. The van der Waals surface area contributed by atoms with E-state index in [0.29, 0.717) is 23.9 Å². The van der Waals surface area contributed by atoms with Gasteiger partial charge in [-0.3, -0.25) is 4.79 Å². The number of pyridine rings is 1. The van der Waals surface area contributed by atoms with Crippen LogP contribution in [0, 0.1) is 0 Å². The van der Waals surface area contributed by atoms with Crippen LogP contribution in [0.3, 0.4) is 0 Å². The van der Waals surface area contributed by atoms with Crippen LogP contribution in [0.4, 0.5) is 16.5 Å². The molecule has 32 heavy (non-hydrogen) atoms. The van der Waals surface area contributed by atoms with Gasteiger partial charge in [0.25, 0.3) is 0 Å². The minimum absolute atomic E-state index is 0.00888. The molecular formula is C23H19N5O3S. The number of anilines is 3. The van der Waals surface area contributed by atoms with E-state index in [1.165, 1.54) is 17.4 Å². The number of carbonyl (C=O) groups excluding carboxylic acids is 1. The van der Waals surface area contributed by atoms with E-state index in [-0.39, 0.29) is 18.1 Å².